The first-order valence-electron chi connectivity index (χ1n) is 7.49. The summed E-state index contributed by atoms with van der Waals surface area (Å²) >= 11 is 0. The van der Waals surface area contributed by atoms with Crippen LogP contribution in [-0.2, 0) is 9.53 Å². The lowest BCUT2D eigenvalue weighted by Crippen LogP contribution is -2.36. The minimum Gasteiger partial charge on any atom is -0.444 e. The Balaban J connectivity index is 2.35. The maximum Gasteiger partial charge on any atom is 0.407 e. The van der Waals surface area contributed by atoms with Crippen molar-refractivity contribution in [3.05, 3.63) is 30.1 Å². The van der Waals surface area contributed by atoms with E-state index in [0.29, 0.717) is 0 Å². The van der Waals surface area contributed by atoms with Crippen molar-refractivity contribution in [3.63, 3.8) is 0 Å². The third-order valence-electron chi connectivity index (χ3n) is 2.81. The molecule has 6 heteroatoms. The maximum atomic E-state index is 11.9. The lowest BCUT2D eigenvalue weighted by Gasteiger charge is -2.20. The van der Waals surface area contributed by atoms with E-state index < -0.39 is 11.7 Å². The van der Waals surface area contributed by atoms with E-state index in [-0.39, 0.29) is 24.9 Å². The molecule has 2 amide bonds. The molecule has 0 saturated carbocycles. The first kappa shape index (κ1) is 17.9. The molecule has 0 spiro atoms. The van der Waals surface area contributed by atoms with Crippen LogP contribution in [-0.4, -0.2) is 29.1 Å². The van der Waals surface area contributed by atoms with Gasteiger partial charge >= 0.3 is 6.09 Å². The molecule has 1 rings (SSSR count). The standard InChI is InChI=1S/C16H25N3O3/c1-5-12(13-8-6-7-10-17-13)19-14(20)9-11-18-15(21)22-16(2,3)4/h6-8,10,12H,5,9,11H2,1-4H3,(H,18,21)(H,19,20)/t12-/m1/s1. The van der Waals surface area contributed by atoms with Gasteiger partial charge in [-0.25, -0.2) is 4.79 Å². The van der Waals surface area contributed by atoms with Gasteiger partial charge in [-0.1, -0.05) is 13.0 Å². The minimum absolute atomic E-state index is 0.116. The van der Waals surface area contributed by atoms with Crippen LogP contribution < -0.4 is 10.6 Å². The van der Waals surface area contributed by atoms with Crippen molar-refractivity contribution in [1.82, 2.24) is 15.6 Å². The Morgan fingerprint density at radius 1 is 1.32 bits per heavy atom. The summed E-state index contributed by atoms with van der Waals surface area (Å²) in [7, 11) is 0. The summed E-state index contributed by atoms with van der Waals surface area (Å²) < 4.78 is 5.10. The van der Waals surface area contributed by atoms with E-state index in [1.807, 2.05) is 25.1 Å². The molecule has 2 N–H and O–H groups in total. The number of nitrogens with one attached hydrogen (secondary N) is 2. The zero-order chi connectivity index (χ0) is 16.6. The van der Waals surface area contributed by atoms with Crippen LogP contribution in [0.25, 0.3) is 0 Å². The van der Waals surface area contributed by atoms with Gasteiger partial charge in [0.25, 0.3) is 0 Å². The van der Waals surface area contributed by atoms with Gasteiger partial charge in [-0.2, -0.15) is 0 Å². The van der Waals surface area contributed by atoms with Gasteiger partial charge in [0.1, 0.15) is 5.60 Å². The highest BCUT2D eigenvalue weighted by molar-refractivity contribution is 5.77. The van der Waals surface area contributed by atoms with Crippen molar-refractivity contribution in [2.75, 3.05) is 6.54 Å². The summed E-state index contributed by atoms with van der Waals surface area (Å²) in [5.74, 6) is -0.131. The van der Waals surface area contributed by atoms with Gasteiger partial charge in [0.15, 0.2) is 0 Å². The Hall–Kier alpha value is -2.11. The van der Waals surface area contributed by atoms with Crippen molar-refractivity contribution in [3.8, 4) is 0 Å². The Morgan fingerprint density at radius 3 is 2.59 bits per heavy atom. The molecule has 0 aromatic carbocycles. The van der Waals surface area contributed by atoms with Gasteiger partial charge in [-0.05, 0) is 39.3 Å². The number of pyridine rings is 1. The zero-order valence-corrected chi connectivity index (χ0v) is 13.7. The van der Waals surface area contributed by atoms with Crippen LogP contribution in [0.5, 0.6) is 0 Å². The monoisotopic (exact) mass is 307 g/mol. The molecular weight excluding hydrogens is 282 g/mol. The van der Waals surface area contributed by atoms with Gasteiger partial charge in [0, 0.05) is 19.2 Å². The van der Waals surface area contributed by atoms with Gasteiger partial charge in [0.05, 0.1) is 11.7 Å². The number of hydrogen-bond donors (Lipinski definition) is 2. The van der Waals surface area contributed by atoms with Crippen LogP contribution in [0, 0.1) is 0 Å². The molecule has 0 radical (unpaired) electrons. The number of carbonyl (C=O) groups is 2. The molecule has 0 aliphatic rings. The van der Waals surface area contributed by atoms with E-state index in [9.17, 15) is 9.59 Å². The lowest BCUT2D eigenvalue weighted by atomic mass is 10.1. The van der Waals surface area contributed by atoms with Crippen LogP contribution in [0.2, 0.25) is 0 Å². The summed E-state index contributed by atoms with van der Waals surface area (Å²) in [6.07, 6.45) is 2.14. The average Bonchev–Trinajstić information content (AvgIpc) is 2.43. The van der Waals surface area contributed by atoms with E-state index >= 15 is 0 Å². The fourth-order valence-corrected chi connectivity index (χ4v) is 1.83. The van der Waals surface area contributed by atoms with E-state index in [0.717, 1.165) is 12.1 Å². The van der Waals surface area contributed by atoms with Gasteiger partial charge in [-0.15, -0.1) is 0 Å². The van der Waals surface area contributed by atoms with Crippen LogP contribution in [0.3, 0.4) is 0 Å². The highest BCUT2D eigenvalue weighted by Crippen LogP contribution is 2.13. The predicted octanol–water partition coefficient (Wildman–Crippen LogP) is 2.56. The maximum absolute atomic E-state index is 11.9. The van der Waals surface area contributed by atoms with Crippen LogP contribution >= 0.6 is 0 Å². The molecule has 0 aliphatic heterocycles. The largest absolute Gasteiger partial charge is 0.444 e. The topological polar surface area (TPSA) is 80.3 Å². The van der Waals surface area contributed by atoms with Crippen molar-refractivity contribution in [1.29, 1.82) is 0 Å². The molecular formula is C16H25N3O3. The van der Waals surface area contributed by atoms with Crippen LogP contribution in [0.4, 0.5) is 4.79 Å². The number of alkyl carbamates (subject to hydrolysis) is 1. The second-order valence-corrected chi connectivity index (χ2v) is 5.96. The second-order valence-electron chi connectivity index (χ2n) is 5.96. The Morgan fingerprint density at radius 2 is 2.05 bits per heavy atom. The van der Waals surface area contributed by atoms with Crippen molar-refractivity contribution < 1.29 is 14.3 Å². The molecule has 0 bridgehead atoms. The average molecular weight is 307 g/mol. The van der Waals surface area contributed by atoms with Crippen LogP contribution in [0.15, 0.2) is 24.4 Å². The van der Waals surface area contributed by atoms with Gasteiger partial charge in [0.2, 0.25) is 5.91 Å². The number of rotatable bonds is 6. The smallest absolute Gasteiger partial charge is 0.407 e. The Bertz CT molecular complexity index is 483. The van der Waals surface area contributed by atoms with E-state index in [4.69, 9.17) is 4.74 Å². The van der Waals surface area contributed by atoms with Gasteiger partial charge < -0.3 is 15.4 Å². The van der Waals surface area contributed by atoms with E-state index in [2.05, 4.69) is 15.6 Å². The summed E-state index contributed by atoms with van der Waals surface area (Å²) in [6.45, 7) is 7.59. The highest BCUT2D eigenvalue weighted by Gasteiger charge is 2.17. The first-order chi connectivity index (χ1) is 10.3. The zero-order valence-electron chi connectivity index (χ0n) is 13.7. The predicted molar refractivity (Wildman–Crippen MR) is 84.3 cm³/mol. The summed E-state index contributed by atoms with van der Waals surface area (Å²) in [5.41, 5.74) is 0.289. The van der Waals surface area contributed by atoms with Crippen molar-refractivity contribution in [2.45, 2.75) is 52.2 Å². The first-order valence-corrected chi connectivity index (χ1v) is 7.49. The third kappa shape index (κ3) is 7.06. The summed E-state index contributed by atoms with van der Waals surface area (Å²) in [6, 6.07) is 5.49. The molecule has 0 unspecified atom stereocenters. The number of nitrogens with zero attached hydrogens (tertiary/aromatic N) is 1. The SMILES string of the molecule is CC[C@@H](NC(=O)CCNC(=O)OC(C)(C)C)c1ccccn1. The number of carbonyl (C=O) groups excluding carboxylic acids is 2. The molecule has 0 aliphatic carbocycles. The molecule has 1 aromatic heterocycles. The molecule has 0 saturated heterocycles. The molecule has 122 valence electrons. The van der Waals surface area contributed by atoms with Crippen LogP contribution in [0.1, 0.15) is 52.3 Å². The van der Waals surface area contributed by atoms with Crippen molar-refractivity contribution in [2.24, 2.45) is 0 Å². The molecule has 6 nitrogen and oxygen atoms in total. The quantitative estimate of drug-likeness (QED) is 0.846. The number of aromatic nitrogens is 1. The van der Waals surface area contributed by atoms with E-state index in [1.165, 1.54) is 0 Å². The second kappa shape index (κ2) is 8.36. The fourth-order valence-electron chi connectivity index (χ4n) is 1.83. The number of amides is 2. The van der Waals surface area contributed by atoms with E-state index in [1.54, 1.807) is 27.0 Å². The fraction of sp³-hybridized carbons (Fsp3) is 0.562. The lowest BCUT2D eigenvalue weighted by molar-refractivity contribution is -0.121. The Kier molecular flexibility index (Phi) is 6.82. The minimum atomic E-state index is -0.543. The summed E-state index contributed by atoms with van der Waals surface area (Å²) in [4.78, 5) is 27.6. The normalized spacial score (nSPS) is 12.4. The molecule has 22 heavy (non-hydrogen) atoms. The molecule has 1 aromatic rings. The third-order valence-corrected chi connectivity index (χ3v) is 2.81. The number of hydrogen-bond acceptors (Lipinski definition) is 4. The molecule has 0 fully saturated rings. The highest BCUT2D eigenvalue weighted by atomic mass is 16.6. The molecule has 1 heterocycles. The Labute approximate surface area is 131 Å². The molecule has 1 atom stereocenters. The van der Waals surface area contributed by atoms with Crippen molar-refractivity contribution >= 4 is 12.0 Å². The van der Waals surface area contributed by atoms with Gasteiger partial charge in [-0.3, -0.25) is 9.78 Å². The number of ether oxygens (including phenoxy) is 1. The summed E-state index contributed by atoms with van der Waals surface area (Å²) in [5, 5.41) is 5.47.